The van der Waals surface area contributed by atoms with Crippen molar-refractivity contribution in [1.82, 2.24) is 0 Å². The van der Waals surface area contributed by atoms with E-state index in [-0.39, 0.29) is 16.9 Å². The number of aliphatic hydroxyl groups excluding tert-OH is 6. The van der Waals surface area contributed by atoms with Crippen LogP contribution in [0.25, 0.3) is 0 Å². The molecular formula is C48H74O18. The van der Waals surface area contributed by atoms with Gasteiger partial charge >= 0.3 is 11.9 Å². The smallest absolute Gasteiger partial charge is 0.303 e. The van der Waals surface area contributed by atoms with E-state index in [2.05, 4.69) is 33.8 Å². The first-order valence-electron chi connectivity index (χ1n) is 24.5. The molecule has 1 spiro atoms. The van der Waals surface area contributed by atoms with Gasteiger partial charge in [0.2, 0.25) is 0 Å². The number of hydrogen-bond donors (Lipinski definition) is 6. The van der Waals surface area contributed by atoms with Crippen molar-refractivity contribution in [3.63, 3.8) is 0 Å². The highest BCUT2D eigenvalue weighted by molar-refractivity contribution is 5.66. The number of carbonyl (C=O) groups is 2. The highest BCUT2D eigenvalue weighted by Gasteiger charge is 2.69. The van der Waals surface area contributed by atoms with E-state index in [1.807, 2.05) is 0 Å². The monoisotopic (exact) mass is 938 g/mol. The Bertz CT molecular complexity index is 1790. The molecule has 374 valence electrons. The molecule has 4 aliphatic carbocycles. The van der Waals surface area contributed by atoms with Crippen molar-refractivity contribution in [1.29, 1.82) is 0 Å². The molecule has 3 saturated carbocycles. The number of carbonyl (C=O) groups excluding carboxylic acids is 2. The van der Waals surface area contributed by atoms with Crippen molar-refractivity contribution < 1.29 is 87.6 Å². The zero-order valence-corrected chi connectivity index (χ0v) is 39.3. The van der Waals surface area contributed by atoms with Gasteiger partial charge < -0.3 is 78.0 Å². The highest BCUT2D eigenvalue weighted by atomic mass is 16.8. The van der Waals surface area contributed by atoms with Crippen LogP contribution in [-0.4, -0.2) is 166 Å². The van der Waals surface area contributed by atoms with Gasteiger partial charge in [0.1, 0.15) is 61.5 Å². The van der Waals surface area contributed by atoms with Crippen molar-refractivity contribution in [3.05, 3.63) is 11.6 Å². The van der Waals surface area contributed by atoms with Gasteiger partial charge in [-0.25, -0.2) is 0 Å². The number of allylic oxidation sites excluding steroid dienone is 1. The van der Waals surface area contributed by atoms with Gasteiger partial charge in [0, 0.05) is 26.2 Å². The molecule has 9 rings (SSSR count). The van der Waals surface area contributed by atoms with E-state index in [1.54, 1.807) is 0 Å². The number of fused-ring (bicyclic) bond motifs is 7. The van der Waals surface area contributed by atoms with Crippen LogP contribution in [0.2, 0.25) is 0 Å². The van der Waals surface area contributed by atoms with Crippen molar-refractivity contribution in [2.45, 2.75) is 210 Å². The Morgan fingerprint density at radius 3 is 2.18 bits per heavy atom. The predicted molar refractivity (Wildman–Crippen MR) is 227 cm³/mol. The Morgan fingerprint density at radius 2 is 1.48 bits per heavy atom. The maximum absolute atomic E-state index is 12.2. The number of rotatable bonds is 10. The van der Waals surface area contributed by atoms with Crippen LogP contribution in [-0.2, 0) is 57.0 Å². The van der Waals surface area contributed by atoms with Crippen LogP contribution in [0, 0.1) is 46.3 Å². The number of hydrogen-bond acceptors (Lipinski definition) is 18. The average molecular weight is 939 g/mol. The molecule has 18 nitrogen and oxygen atoms in total. The molecule has 0 amide bonds. The van der Waals surface area contributed by atoms with Gasteiger partial charge in [-0.2, -0.15) is 0 Å². The predicted octanol–water partition coefficient (Wildman–Crippen LogP) is 1.99. The largest absolute Gasteiger partial charge is 0.463 e. The Kier molecular flexibility index (Phi) is 13.9. The van der Waals surface area contributed by atoms with Crippen LogP contribution in [0.1, 0.15) is 106 Å². The SMILES string of the molecule is CC(=O)OC[C@@H]1O[C@@H](O[C@H]2[C@H](O)[C@@H](O[C@@H]3O[C@@H](C)[C@H](O)[C@@H](O)[C@H]3O)[C@H](O[C@H]3CC[C@@]4(C)C(=CC[C@H]5[C@@H]6C[C@@H]7O[C@]8(CC[C@@H](C)CO8)[C@@H](C)[C@@H]7[C@@]6(C)CC[C@@H]54)C3)O[C@@H]2CO)[C@H](OC(C)=O)[C@H]1O. The summed E-state index contributed by atoms with van der Waals surface area (Å²) < 4.78 is 61.1. The van der Waals surface area contributed by atoms with Gasteiger partial charge in [0.15, 0.2) is 30.8 Å². The Morgan fingerprint density at radius 1 is 0.758 bits per heavy atom. The van der Waals surface area contributed by atoms with Gasteiger partial charge in [-0.15, -0.1) is 0 Å². The summed E-state index contributed by atoms with van der Waals surface area (Å²) in [6, 6.07) is 0. The van der Waals surface area contributed by atoms with Gasteiger partial charge in [-0.05, 0) is 98.7 Å². The summed E-state index contributed by atoms with van der Waals surface area (Å²) in [6.45, 7) is 13.1. The molecular weight excluding hydrogens is 865 g/mol. The minimum absolute atomic E-state index is 0.0433. The number of ether oxygens (including phenoxy) is 10. The molecule has 5 heterocycles. The second kappa shape index (κ2) is 18.7. The minimum Gasteiger partial charge on any atom is -0.463 e. The molecule has 66 heavy (non-hydrogen) atoms. The van der Waals surface area contributed by atoms with Crippen molar-refractivity contribution >= 4 is 11.9 Å². The first-order chi connectivity index (χ1) is 31.3. The fourth-order valence-corrected chi connectivity index (χ4v) is 14.3. The van der Waals surface area contributed by atoms with Crippen molar-refractivity contribution in [3.8, 4) is 0 Å². The highest BCUT2D eigenvalue weighted by Crippen LogP contribution is 2.70. The van der Waals surface area contributed by atoms with Crippen molar-refractivity contribution in [2.24, 2.45) is 46.3 Å². The molecule has 9 aliphatic rings. The molecule has 0 aromatic rings. The van der Waals surface area contributed by atoms with Gasteiger partial charge in [0.05, 0.1) is 31.5 Å². The summed E-state index contributed by atoms with van der Waals surface area (Å²) in [5.74, 6) is 1.12. The van der Waals surface area contributed by atoms with E-state index in [9.17, 15) is 40.2 Å². The molecule has 25 atom stereocenters. The van der Waals surface area contributed by atoms with Gasteiger partial charge in [0.25, 0.3) is 0 Å². The summed E-state index contributed by atoms with van der Waals surface area (Å²) in [5.41, 5.74) is 1.47. The molecule has 6 N–H and O–H groups in total. The quantitative estimate of drug-likeness (QED) is 0.135. The molecule has 0 unspecified atom stereocenters. The Hall–Kier alpha value is -1.88. The zero-order chi connectivity index (χ0) is 47.2. The van der Waals surface area contributed by atoms with E-state index in [4.69, 9.17) is 47.4 Å². The molecule has 0 aromatic carbocycles. The van der Waals surface area contributed by atoms with Gasteiger partial charge in [-0.3, -0.25) is 9.59 Å². The summed E-state index contributed by atoms with van der Waals surface area (Å²) in [7, 11) is 0. The van der Waals surface area contributed by atoms with E-state index >= 15 is 0 Å². The van der Waals surface area contributed by atoms with E-state index in [0.29, 0.717) is 48.3 Å². The minimum atomic E-state index is -1.74. The standard InChI is InChI=1S/C48H74O18/c1-21-10-15-48(58-19-21)22(2)34-31(66-48)17-30-28-9-8-26-16-27(11-13-46(26,6)29(28)12-14-47(30,34)7)61-44-42(65-43-38(55)37(54)35(52)23(3)59-43)39(56)40(32(18-49)62-44)64-45-41(60-25(5)51)36(53)33(63-45)20-57-24(4)50/h8,21-23,27-45,49,52-56H,9-20H2,1-7H3/t21-,22+,23+,27+,28-,29+,30+,31+,32-,33+,34+,35+,36+,37-,38-,39+,40-,41-,42-,43+,44-,45+,46+,47+,48-/m1/s1. The third kappa shape index (κ3) is 8.51. The van der Waals surface area contributed by atoms with Crippen LogP contribution in [0.5, 0.6) is 0 Å². The molecule has 0 aromatic heterocycles. The van der Waals surface area contributed by atoms with Crippen LogP contribution < -0.4 is 0 Å². The Labute approximate surface area is 386 Å². The second-order valence-corrected chi connectivity index (χ2v) is 21.8. The maximum atomic E-state index is 12.2. The first-order valence-corrected chi connectivity index (χ1v) is 24.5. The second-order valence-electron chi connectivity index (χ2n) is 21.8. The lowest BCUT2D eigenvalue weighted by Gasteiger charge is -2.58. The van der Waals surface area contributed by atoms with E-state index in [1.165, 1.54) is 19.4 Å². The lowest BCUT2D eigenvalue weighted by atomic mass is 9.47. The van der Waals surface area contributed by atoms with Crippen LogP contribution in [0.15, 0.2) is 11.6 Å². The zero-order valence-electron chi connectivity index (χ0n) is 39.3. The first kappa shape index (κ1) is 49.1. The van der Waals surface area contributed by atoms with Crippen LogP contribution >= 0.6 is 0 Å². The molecule has 0 bridgehead atoms. The topological polar surface area (TPSA) is 248 Å². The summed E-state index contributed by atoms with van der Waals surface area (Å²) in [5, 5.41) is 66.1. The molecule has 5 saturated heterocycles. The fraction of sp³-hybridized carbons (Fsp3) is 0.917. The summed E-state index contributed by atoms with van der Waals surface area (Å²) >= 11 is 0. The number of aliphatic hydroxyl groups is 6. The molecule has 0 radical (unpaired) electrons. The molecule has 18 heteroatoms. The maximum Gasteiger partial charge on any atom is 0.303 e. The lowest BCUT2D eigenvalue weighted by Crippen LogP contribution is -2.65. The summed E-state index contributed by atoms with van der Waals surface area (Å²) in [6.07, 6.45) is -9.46. The Balaban J connectivity index is 0.920. The van der Waals surface area contributed by atoms with E-state index < -0.39 is 123 Å². The van der Waals surface area contributed by atoms with Crippen LogP contribution in [0.3, 0.4) is 0 Å². The van der Waals surface area contributed by atoms with E-state index in [0.717, 1.165) is 58.5 Å². The summed E-state index contributed by atoms with van der Waals surface area (Å²) in [4.78, 5) is 23.7. The van der Waals surface area contributed by atoms with Crippen LogP contribution in [0.4, 0.5) is 0 Å². The number of esters is 2. The molecule has 5 aliphatic heterocycles. The third-order valence-electron chi connectivity index (χ3n) is 17.9. The average Bonchev–Trinajstić information content (AvgIpc) is 3.84. The fourth-order valence-electron chi connectivity index (χ4n) is 14.3. The molecule has 8 fully saturated rings. The van der Waals surface area contributed by atoms with Crippen molar-refractivity contribution in [2.75, 3.05) is 19.8 Å². The lowest BCUT2D eigenvalue weighted by molar-refractivity contribution is -0.380. The third-order valence-corrected chi connectivity index (χ3v) is 17.9. The van der Waals surface area contributed by atoms with Gasteiger partial charge in [-0.1, -0.05) is 39.3 Å². The normalized spacial score (nSPS) is 53.3.